The fourth-order valence-electron chi connectivity index (χ4n) is 4.45. The molecule has 192 valence electrons. The van der Waals surface area contributed by atoms with Crippen molar-refractivity contribution < 1.29 is 19.1 Å². The van der Waals surface area contributed by atoms with E-state index in [1.807, 2.05) is 31.2 Å². The molecule has 1 atom stereocenters. The van der Waals surface area contributed by atoms with E-state index in [9.17, 15) is 14.4 Å². The lowest BCUT2D eigenvalue weighted by molar-refractivity contribution is -0.124. The van der Waals surface area contributed by atoms with E-state index in [1.165, 1.54) is 6.07 Å². The zero-order valence-corrected chi connectivity index (χ0v) is 21.4. The van der Waals surface area contributed by atoms with E-state index in [1.54, 1.807) is 11.8 Å². The van der Waals surface area contributed by atoms with Crippen molar-refractivity contribution in [2.24, 2.45) is 0 Å². The van der Waals surface area contributed by atoms with Gasteiger partial charge in [-0.2, -0.15) is 5.10 Å². The number of carbonyl (C=O) groups excluding carboxylic acids is 3. The number of nitrogens with one attached hydrogen (secondary N) is 2. The Morgan fingerprint density at radius 2 is 1.97 bits per heavy atom. The third-order valence-corrected chi connectivity index (χ3v) is 6.52. The molecule has 2 amide bonds. The van der Waals surface area contributed by atoms with Crippen LogP contribution in [0, 0.1) is 19.3 Å². The van der Waals surface area contributed by atoms with Crippen molar-refractivity contribution in [3.05, 3.63) is 47.3 Å². The van der Waals surface area contributed by atoms with Gasteiger partial charge in [0.2, 0.25) is 5.91 Å². The molecule has 1 aromatic carbocycles. The third-order valence-electron chi connectivity index (χ3n) is 6.52. The van der Waals surface area contributed by atoms with Crippen LogP contribution in [0.1, 0.15) is 91.8 Å². The summed E-state index contributed by atoms with van der Waals surface area (Å²) in [5.41, 5.74) is 0.660. The second-order valence-electron chi connectivity index (χ2n) is 9.25. The number of unbranched alkanes of at least 4 members (excludes halogenated alkanes) is 2. The summed E-state index contributed by atoms with van der Waals surface area (Å²) >= 11 is 0. The number of terminal acetylenes is 1. The molecule has 36 heavy (non-hydrogen) atoms. The number of benzene rings is 1. The standard InChI is InChI=1S/C28H36N4O4/c1-5-8-9-10-15-21(13-6-2)29-27(35)28(17-18-28)32(24-16-12-11-14-20(24)4)25(33)22-19-23(31-30-22)26(34)36-7-3/h1,11-12,14,16,19,21H,6-10,13,15,17-18H2,2-4H3,(H,29,35)(H,30,31). The molecule has 1 aliphatic carbocycles. The number of para-hydroxylation sites is 1. The molecule has 2 N–H and O–H groups in total. The van der Waals surface area contributed by atoms with E-state index in [-0.39, 0.29) is 29.9 Å². The van der Waals surface area contributed by atoms with Crippen LogP contribution in [0.4, 0.5) is 5.69 Å². The molecular weight excluding hydrogens is 456 g/mol. The van der Waals surface area contributed by atoms with Crippen molar-refractivity contribution in [1.29, 1.82) is 0 Å². The number of aromatic nitrogens is 2. The van der Waals surface area contributed by atoms with Crippen molar-refractivity contribution in [1.82, 2.24) is 15.5 Å². The summed E-state index contributed by atoms with van der Waals surface area (Å²) in [6, 6.07) is 8.88. The minimum absolute atomic E-state index is 0.0207. The molecule has 2 aromatic rings. The lowest BCUT2D eigenvalue weighted by Crippen LogP contribution is -2.54. The normalized spacial score (nSPS) is 14.4. The van der Waals surface area contributed by atoms with Crippen LogP contribution in [-0.2, 0) is 9.53 Å². The minimum Gasteiger partial charge on any atom is -0.461 e. The number of rotatable bonds is 13. The molecule has 0 radical (unpaired) electrons. The molecule has 8 nitrogen and oxygen atoms in total. The highest BCUT2D eigenvalue weighted by Gasteiger charge is 2.58. The van der Waals surface area contributed by atoms with Crippen LogP contribution in [0.5, 0.6) is 0 Å². The van der Waals surface area contributed by atoms with Gasteiger partial charge in [0.1, 0.15) is 11.2 Å². The average molecular weight is 493 g/mol. The quantitative estimate of drug-likeness (QED) is 0.242. The summed E-state index contributed by atoms with van der Waals surface area (Å²) in [7, 11) is 0. The number of esters is 1. The first-order valence-electron chi connectivity index (χ1n) is 12.7. The fourth-order valence-corrected chi connectivity index (χ4v) is 4.45. The maximum atomic E-state index is 13.8. The van der Waals surface area contributed by atoms with Crippen LogP contribution in [0.15, 0.2) is 30.3 Å². The van der Waals surface area contributed by atoms with Crippen LogP contribution in [0.3, 0.4) is 0 Å². The van der Waals surface area contributed by atoms with Crippen LogP contribution < -0.4 is 10.2 Å². The fraction of sp³-hybridized carbons (Fsp3) is 0.500. The van der Waals surface area contributed by atoms with Gasteiger partial charge in [-0.15, -0.1) is 12.3 Å². The van der Waals surface area contributed by atoms with Crippen molar-refractivity contribution in [3.8, 4) is 12.3 Å². The monoisotopic (exact) mass is 492 g/mol. The largest absolute Gasteiger partial charge is 0.461 e. The first kappa shape index (κ1) is 27.0. The third kappa shape index (κ3) is 6.14. The zero-order valence-electron chi connectivity index (χ0n) is 21.4. The minimum atomic E-state index is -1.00. The zero-order chi connectivity index (χ0) is 26.1. The smallest absolute Gasteiger partial charge is 0.356 e. The Balaban J connectivity index is 1.89. The van der Waals surface area contributed by atoms with Gasteiger partial charge in [0.05, 0.1) is 6.61 Å². The van der Waals surface area contributed by atoms with Crippen molar-refractivity contribution in [2.75, 3.05) is 11.5 Å². The molecule has 0 spiro atoms. The van der Waals surface area contributed by atoms with E-state index in [0.29, 0.717) is 18.5 Å². The molecule has 1 aliphatic rings. The summed E-state index contributed by atoms with van der Waals surface area (Å²) in [5, 5.41) is 9.90. The molecule has 1 fully saturated rings. The molecule has 0 saturated heterocycles. The van der Waals surface area contributed by atoms with E-state index in [2.05, 4.69) is 28.4 Å². The molecule has 0 aliphatic heterocycles. The summed E-state index contributed by atoms with van der Waals surface area (Å²) in [6.07, 6.45) is 11.7. The van der Waals surface area contributed by atoms with Crippen LogP contribution in [0.25, 0.3) is 0 Å². The number of aromatic amines is 1. The van der Waals surface area contributed by atoms with Gasteiger partial charge in [0.15, 0.2) is 5.69 Å². The van der Waals surface area contributed by atoms with Crippen molar-refractivity contribution in [2.45, 2.75) is 83.7 Å². The lowest BCUT2D eigenvalue weighted by Gasteiger charge is -2.33. The Bertz CT molecular complexity index is 1110. The predicted octanol–water partition coefficient (Wildman–Crippen LogP) is 4.55. The van der Waals surface area contributed by atoms with E-state index in [4.69, 9.17) is 11.2 Å². The van der Waals surface area contributed by atoms with Gasteiger partial charge >= 0.3 is 5.97 Å². The van der Waals surface area contributed by atoms with Crippen molar-refractivity contribution in [3.63, 3.8) is 0 Å². The molecular formula is C28H36N4O4. The number of anilines is 1. The first-order chi connectivity index (χ1) is 17.4. The van der Waals surface area contributed by atoms with Gasteiger partial charge in [0, 0.05) is 24.2 Å². The summed E-state index contributed by atoms with van der Waals surface area (Å²) in [5.74, 6) is 1.48. The molecule has 1 unspecified atom stereocenters. The number of hydrogen-bond acceptors (Lipinski definition) is 5. The molecule has 8 heteroatoms. The highest BCUT2D eigenvalue weighted by Crippen LogP contribution is 2.46. The van der Waals surface area contributed by atoms with Gasteiger partial charge in [0.25, 0.3) is 5.91 Å². The summed E-state index contributed by atoms with van der Waals surface area (Å²) in [6.45, 7) is 5.91. The molecule has 0 bridgehead atoms. The van der Waals surface area contributed by atoms with Gasteiger partial charge < -0.3 is 10.1 Å². The number of aryl methyl sites for hydroxylation is 1. The van der Waals surface area contributed by atoms with Crippen LogP contribution in [0.2, 0.25) is 0 Å². The maximum absolute atomic E-state index is 13.8. The molecule has 1 aromatic heterocycles. The van der Waals surface area contributed by atoms with E-state index >= 15 is 0 Å². The highest BCUT2D eigenvalue weighted by molar-refractivity contribution is 6.12. The summed E-state index contributed by atoms with van der Waals surface area (Å²) in [4.78, 5) is 41.2. The SMILES string of the molecule is C#CCCCCC(CCC)NC(=O)C1(N(C(=O)c2cc(C(=O)OCC)[nH]n2)c2ccccc2C)CC1. The number of hydrogen-bond donors (Lipinski definition) is 2. The van der Waals surface area contributed by atoms with E-state index in [0.717, 1.165) is 44.1 Å². The summed E-state index contributed by atoms with van der Waals surface area (Å²) < 4.78 is 5.01. The average Bonchev–Trinajstić information content (AvgIpc) is 3.50. The Hall–Kier alpha value is -3.60. The van der Waals surface area contributed by atoms with Gasteiger partial charge in [-0.25, -0.2) is 4.79 Å². The lowest BCUT2D eigenvalue weighted by atomic mass is 10.0. The Morgan fingerprint density at radius 3 is 2.61 bits per heavy atom. The molecule has 3 rings (SSSR count). The first-order valence-corrected chi connectivity index (χ1v) is 12.7. The van der Waals surface area contributed by atoms with Gasteiger partial charge in [-0.05, 0) is 57.6 Å². The van der Waals surface area contributed by atoms with Crippen molar-refractivity contribution >= 4 is 23.5 Å². The number of ether oxygens (including phenoxy) is 1. The number of nitrogens with zero attached hydrogens (tertiary/aromatic N) is 2. The number of carbonyl (C=O) groups is 3. The van der Waals surface area contributed by atoms with Crippen LogP contribution >= 0.6 is 0 Å². The van der Waals surface area contributed by atoms with Gasteiger partial charge in [-0.3, -0.25) is 19.6 Å². The second-order valence-corrected chi connectivity index (χ2v) is 9.25. The van der Waals surface area contributed by atoms with E-state index < -0.39 is 17.4 Å². The Morgan fingerprint density at radius 1 is 1.22 bits per heavy atom. The number of amides is 2. The topological polar surface area (TPSA) is 104 Å². The Labute approximate surface area is 213 Å². The van der Waals surface area contributed by atoms with Gasteiger partial charge in [-0.1, -0.05) is 38.0 Å². The Kier molecular flexibility index (Phi) is 9.29. The highest BCUT2D eigenvalue weighted by atomic mass is 16.5. The van der Waals surface area contributed by atoms with Crippen LogP contribution in [-0.4, -0.2) is 46.2 Å². The molecule has 1 saturated carbocycles. The maximum Gasteiger partial charge on any atom is 0.356 e. The predicted molar refractivity (Wildman–Crippen MR) is 139 cm³/mol. The molecule has 1 heterocycles. The number of H-pyrrole nitrogens is 1. The second kappa shape index (κ2) is 12.4.